The van der Waals surface area contributed by atoms with Crippen molar-refractivity contribution >= 4 is 34.3 Å². The Morgan fingerprint density at radius 2 is 2.11 bits per heavy atom. The van der Waals surface area contributed by atoms with E-state index in [4.69, 9.17) is 4.74 Å². The van der Waals surface area contributed by atoms with Gasteiger partial charge < -0.3 is 15.0 Å². The van der Waals surface area contributed by atoms with Crippen LogP contribution in [0.3, 0.4) is 0 Å². The molecule has 4 aromatic rings. The highest BCUT2D eigenvalue weighted by Gasteiger charge is 2.33. The van der Waals surface area contributed by atoms with Crippen molar-refractivity contribution in [3.05, 3.63) is 102 Å². The number of para-hydroxylation sites is 1. The fourth-order valence-corrected chi connectivity index (χ4v) is 4.82. The fraction of sp³-hybridized carbons (Fsp3) is 0.258. The summed E-state index contributed by atoms with van der Waals surface area (Å²) < 4.78 is 6.48. The molecule has 7 heteroatoms. The Balaban J connectivity index is 1.58. The molecule has 2 aromatic heterocycles. The van der Waals surface area contributed by atoms with Crippen molar-refractivity contribution < 1.29 is 9.53 Å². The number of amides is 1. The summed E-state index contributed by atoms with van der Waals surface area (Å²) in [6, 6.07) is 17.9. The molecular weight excluding hydrogens is 474 g/mol. The Kier molecular flexibility index (Phi) is 7.65. The van der Waals surface area contributed by atoms with Crippen LogP contribution in [0.5, 0.6) is 0 Å². The number of hydrogen-bond acceptors (Lipinski definition) is 5. The number of pyridine rings is 1. The van der Waals surface area contributed by atoms with Crippen LogP contribution in [0.2, 0.25) is 0 Å². The molecule has 0 saturated carbocycles. The highest BCUT2D eigenvalue weighted by Crippen LogP contribution is 2.38. The van der Waals surface area contributed by atoms with E-state index in [1.807, 2.05) is 49.5 Å². The Morgan fingerprint density at radius 3 is 2.95 bits per heavy atom. The van der Waals surface area contributed by atoms with Crippen LogP contribution in [-0.4, -0.2) is 40.5 Å². The van der Waals surface area contributed by atoms with E-state index >= 15 is 0 Å². The zero-order chi connectivity index (χ0) is 26.5. The van der Waals surface area contributed by atoms with E-state index in [-0.39, 0.29) is 18.1 Å². The van der Waals surface area contributed by atoms with Crippen LogP contribution >= 0.6 is 0 Å². The van der Waals surface area contributed by atoms with E-state index < -0.39 is 0 Å². The topological polar surface area (TPSA) is 83.1 Å². The highest BCUT2D eigenvalue weighted by molar-refractivity contribution is 6.01. The molecule has 1 amide bonds. The molecule has 0 aliphatic carbocycles. The molecule has 5 rings (SSSR count). The Labute approximate surface area is 223 Å². The number of H-pyrrole nitrogens is 1. The van der Waals surface area contributed by atoms with Crippen molar-refractivity contribution in [2.24, 2.45) is 5.92 Å². The lowest BCUT2D eigenvalue weighted by atomic mass is 9.95. The van der Waals surface area contributed by atoms with Crippen molar-refractivity contribution in [3.8, 4) is 0 Å². The van der Waals surface area contributed by atoms with E-state index in [1.54, 1.807) is 6.20 Å². The highest BCUT2D eigenvalue weighted by atomic mass is 16.5. The minimum Gasteiger partial charge on any atom is -0.357 e. The summed E-state index contributed by atoms with van der Waals surface area (Å²) >= 11 is 0. The molecule has 1 saturated heterocycles. The van der Waals surface area contributed by atoms with Crippen LogP contribution in [-0.2, 0) is 4.74 Å². The lowest BCUT2D eigenvalue weighted by Gasteiger charge is -2.40. The van der Waals surface area contributed by atoms with E-state index in [0.29, 0.717) is 18.7 Å². The van der Waals surface area contributed by atoms with Crippen LogP contribution in [0.15, 0.2) is 85.2 Å². The summed E-state index contributed by atoms with van der Waals surface area (Å²) in [6.07, 6.45) is 9.49. The third kappa shape index (κ3) is 5.68. The van der Waals surface area contributed by atoms with Crippen LogP contribution in [0.25, 0.3) is 17.0 Å². The normalized spacial score (nSPS) is 17.5. The van der Waals surface area contributed by atoms with Gasteiger partial charge in [-0.15, -0.1) is 0 Å². The number of aromatic nitrogens is 3. The SMILES string of the molecule is C=C(C)CNC(=O)c1ccccc1N(c1ccc2cn[nH]c2c1)C1OCCCC1C=Cc1cc(C)ccn1. The molecule has 1 fully saturated rings. The lowest BCUT2D eigenvalue weighted by Crippen LogP contribution is -2.43. The average molecular weight is 508 g/mol. The van der Waals surface area contributed by atoms with Gasteiger partial charge in [0.05, 0.1) is 28.7 Å². The summed E-state index contributed by atoms with van der Waals surface area (Å²) in [7, 11) is 0. The first-order valence-electron chi connectivity index (χ1n) is 13.0. The molecule has 0 radical (unpaired) electrons. The largest absolute Gasteiger partial charge is 0.357 e. The van der Waals surface area contributed by atoms with Gasteiger partial charge in [-0.05, 0) is 80.8 Å². The molecule has 2 unspecified atom stereocenters. The monoisotopic (exact) mass is 507 g/mol. The molecule has 1 aliphatic rings. The zero-order valence-electron chi connectivity index (χ0n) is 21.9. The fourth-order valence-electron chi connectivity index (χ4n) is 4.82. The van der Waals surface area contributed by atoms with Crippen molar-refractivity contribution in [3.63, 3.8) is 0 Å². The predicted molar refractivity (Wildman–Crippen MR) is 152 cm³/mol. The first kappa shape index (κ1) is 25.4. The number of ether oxygens (including phenoxy) is 1. The Hall–Kier alpha value is -4.23. The number of aromatic amines is 1. The predicted octanol–water partition coefficient (Wildman–Crippen LogP) is 6.18. The summed E-state index contributed by atoms with van der Waals surface area (Å²) in [5.41, 5.74) is 6.17. The quantitative estimate of drug-likeness (QED) is 0.279. The molecule has 194 valence electrons. The summed E-state index contributed by atoms with van der Waals surface area (Å²) in [4.78, 5) is 20.0. The van der Waals surface area contributed by atoms with Crippen LogP contribution < -0.4 is 10.2 Å². The van der Waals surface area contributed by atoms with Gasteiger partial charge in [0, 0.05) is 36.3 Å². The molecule has 2 aromatic carbocycles. The number of hydrogen-bond donors (Lipinski definition) is 2. The number of fused-ring (bicyclic) bond motifs is 1. The minimum atomic E-state index is -0.319. The molecule has 7 nitrogen and oxygen atoms in total. The van der Waals surface area contributed by atoms with Gasteiger partial charge in [0.2, 0.25) is 0 Å². The van der Waals surface area contributed by atoms with E-state index in [9.17, 15) is 4.79 Å². The molecule has 3 heterocycles. The van der Waals surface area contributed by atoms with Gasteiger partial charge >= 0.3 is 0 Å². The number of nitrogens with zero attached hydrogens (tertiary/aromatic N) is 3. The maximum absolute atomic E-state index is 13.3. The second kappa shape index (κ2) is 11.4. The second-order valence-corrected chi connectivity index (χ2v) is 9.85. The average Bonchev–Trinajstić information content (AvgIpc) is 3.40. The molecule has 38 heavy (non-hydrogen) atoms. The maximum Gasteiger partial charge on any atom is 0.253 e. The number of aryl methyl sites for hydroxylation is 1. The number of nitrogens with one attached hydrogen (secondary N) is 2. The van der Waals surface area contributed by atoms with Crippen LogP contribution in [0.1, 0.15) is 41.4 Å². The number of carbonyl (C=O) groups is 1. The number of carbonyl (C=O) groups excluding carboxylic acids is 1. The zero-order valence-corrected chi connectivity index (χ0v) is 21.9. The standard InChI is InChI=1S/C31H33N5O2/c1-21(2)19-33-30(37)27-8-4-5-9-29(27)36(26-13-11-24-20-34-35-28(24)18-26)31-23(7-6-16-38-31)10-12-25-17-22(3)14-15-32-25/h4-5,8-15,17-18,20,23,31H,1,6-7,16,19H2,2-3H3,(H,33,37)(H,34,35). The van der Waals surface area contributed by atoms with Gasteiger partial charge in [-0.3, -0.25) is 14.9 Å². The van der Waals surface area contributed by atoms with Crippen molar-refractivity contribution in [1.29, 1.82) is 0 Å². The summed E-state index contributed by atoms with van der Waals surface area (Å²) in [6.45, 7) is 8.94. The van der Waals surface area contributed by atoms with Gasteiger partial charge in [0.15, 0.2) is 0 Å². The molecule has 0 spiro atoms. The molecular formula is C31H33N5O2. The van der Waals surface area contributed by atoms with Gasteiger partial charge in [0.1, 0.15) is 6.23 Å². The number of anilines is 2. The lowest BCUT2D eigenvalue weighted by molar-refractivity contribution is -0.00585. The third-order valence-corrected chi connectivity index (χ3v) is 6.70. The number of benzene rings is 2. The maximum atomic E-state index is 13.3. The third-order valence-electron chi connectivity index (χ3n) is 6.70. The molecule has 2 N–H and O–H groups in total. The van der Waals surface area contributed by atoms with E-state index in [1.165, 1.54) is 5.56 Å². The van der Waals surface area contributed by atoms with Crippen molar-refractivity contribution in [1.82, 2.24) is 20.5 Å². The Morgan fingerprint density at radius 1 is 1.24 bits per heavy atom. The minimum absolute atomic E-state index is 0.0788. The van der Waals surface area contributed by atoms with Gasteiger partial charge in [-0.1, -0.05) is 30.4 Å². The smallest absolute Gasteiger partial charge is 0.253 e. The van der Waals surface area contributed by atoms with E-state index in [2.05, 4.69) is 69.3 Å². The summed E-state index contributed by atoms with van der Waals surface area (Å²) in [5, 5.41) is 11.3. The van der Waals surface area contributed by atoms with Crippen LogP contribution in [0.4, 0.5) is 11.4 Å². The second-order valence-electron chi connectivity index (χ2n) is 9.85. The van der Waals surface area contributed by atoms with Crippen molar-refractivity contribution in [2.45, 2.75) is 32.9 Å². The molecule has 2 atom stereocenters. The van der Waals surface area contributed by atoms with Gasteiger partial charge in [-0.25, -0.2) is 0 Å². The Bertz CT molecular complexity index is 1470. The first-order valence-corrected chi connectivity index (χ1v) is 13.0. The van der Waals surface area contributed by atoms with Gasteiger partial charge in [-0.2, -0.15) is 5.10 Å². The molecule has 1 aliphatic heterocycles. The van der Waals surface area contributed by atoms with E-state index in [0.717, 1.165) is 46.4 Å². The van der Waals surface area contributed by atoms with Crippen LogP contribution in [0, 0.1) is 12.8 Å². The van der Waals surface area contributed by atoms with Gasteiger partial charge in [0.25, 0.3) is 5.91 Å². The first-order chi connectivity index (χ1) is 18.5. The summed E-state index contributed by atoms with van der Waals surface area (Å²) in [5.74, 6) is -0.0712. The van der Waals surface area contributed by atoms with Crippen molar-refractivity contribution in [2.75, 3.05) is 18.1 Å². The molecule has 0 bridgehead atoms. The number of rotatable bonds is 8.